The number of halogens is 3. The lowest BCUT2D eigenvalue weighted by atomic mass is 10.2. The Balaban J connectivity index is 3.30. The summed E-state index contributed by atoms with van der Waals surface area (Å²) in [5, 5.41) is 10.4. The van der Waals surface area contributed by atoms with E-state index in [4.69, 9.17) is 5.73 Å². The van der Waals surface area contributed by atoms with Crippen LogP contribution in [-0.4, -0.2) is 22.6 Å². The lowest BCUT2D eigenvalue weighted by molar-refractivity contribution is -0.389. The van der Waals surface area contributed by atoms with E-state index in [0.29, 0.717) is 6.20 Å². The minimum absolute atomic E-state index is 0.0658. The van der Waals surface area contributed by atoms with Crippen molar-refractivity contribution in [3.8, 4) is 5.75 Å². The van der Waals surface area contributed by atoms with Gasteiger partial charge in [-0.1, -0.05) is 0 Å². The van der Waals surface area contributed by atoms with Crippen molar-refractivity contribution in [2.75, 3.05) is 5.73 Å². The van der Waals surface area contributed by atoms with Gasteiger partial charge in [-0.3, -0.25) is 4.79 Å². The van der Waals surface area contributed by atoms with Gasteiger partial charge in [0.05, 0.1) is 5.69 Å². The molecule has 0 aromatic carbocycles. The second-order valence-electron chi connectivity index (χ2n) is 2.70. The van der Waals surface area contributed by atoms with Crippen LogP contribution >= 0.6 is 0 Å². The van der Waals surface area contributed by atoms with Crippen molar-refractivity contribution in [1.29, 1.82) is 0 Å². The molecule has 0 saturated heterocycles. The van der Waals surface area contributed by atoms with E-state index in [1.54, 1.807) is 0 Å². The third-order valence-corrected chi connectivity index (χ3v) is 1.62. The Morgan fingerprint density at radius 1 is 1.53 bits per heavy atom. The molecular weight excluding hydrogens is 247 g/mol. The summed E-state index contributed by atoms with van der Waals surface area (Å²) in [6, 6.07) is 0. The van der Waals surface area contributed by atoms with E-state index in [1.165, 1.54) is 0 Å². The second kappa shape index (κ2) is 4.23. The smallest absolute Gasteiger partial charge is 0.399 e. The SMILES string of the molecule is Nc1c(OC(F)(F)F)cnc([N+](=O)[O-])c1C=O. The Morgan fingerprint density at radius 3 is 2.53 bits per heavy atom. The molecule has 1 heterocycles. The highest BCUT2D eigenvalue weighted by molar-refractivity contribution is 5.90. The number of aldehydes is 1. The number of carbonyl (C=O) groups excluding carboxylic acids is 1. The number of aromatic nitrogens is 1. The van der Waals surface area contributed by atoms with E-state index in [-0.39, 0.29) is 6.29 Å². The maximum atomic E-state index is 11.9. The fraction of sp³-hybridized carbons (Fsp3) is 0.143. The number of anilines is 1. The summed E-state index contributed by atoms with van der Waals surface area (Å²) in [5.41, 5.74) is 3.58. The van der Waals surface area contributed by atoms with Crippen LogP contribution in [0, 0.1) is 10.1 Å². The molecule has 1 rings (SSSR count). The molecule has 0 radical (unpaired) electrons. The summed E-state index contributed by atoms with van der Waals surface area (Å²) in [5.74, 6) is -1.91. The van der Waals surface area contributed by atoms with E-state index in [0.717, 1.165) is 0 Å². The lowest BCUT2D eigenvalue weighted by Gasteiger charge is -2.10. The predicted octanol–water partition coefficient (Wildman–Crippen LogP) is 1.28. The zero-order chi connectivity index (χ0) is 13.2. The molecule has 0 aliphatic rings. The van der Waals surface area contributed by atoms with Gasteiger partial charge in [-0.25, -0.2) is 0 Å². The van der Waals surface area contributed by atoms with Crippen LogP contribution in [0.2, 0.25) is 0 Å². The summed E-state index contributed by atoms with van der Waals surface area (Å²) >= 11 is 0. The highest BCUT2D eigenvalue weighted by Crippen LogP contribution is 2.32. The maximum absolute atomic E-state index is 11.9. The topological polar surface area (TPSA) is 108 Å². The number of rotatable bonds is 3. The molecule has 0 aliphatic heterocycles. The molecule has 7 nitrogen and oxygen atoms in total. The summed E-state index contributed by atoms with van der Waals surface area (Å²) in [7, 11) is 0. The van der Waals surface area contributed by atoms with Gasteiger partial charge in [0.25, 0.3) is 0 Å². The van der Waals surface area contributed by atoms with Gasteiger partial charge in [0.2, 0.25) is 0 Å². The van der Waals surface area contributed by atoms with E-state index in [1.807, 2.05) is 0 Å². The van der Waals surface area contributed by atoms with Crippen LogP contribution in [0.5, 0.6) is 5.75 Å². The van der Waals surface area contributed by atoms with Crippen molar-refractivity contribution >= 4 is 17.8 Å². The number of nitrogen functional groups attached to an aromatic ring is 1. The number of nitro groups is 1. The van der Waals surface area contributed by atoms with Crippen LogP contribution in [0.1, 0.15) is 10.4 Å². The number of hydrogen-bond donors (Lipinski definition) is 1. The third kappa shape index (κ3) is 2.80. The maximum Gasteiger partial charge on any atom is 0.573 e. The van der Waals surface area contributed by atoms with E-state index < -0.39 is 34.1 Å². The van der Waals surface area contributed by atoms with Gasteiger partial charge in [-0.2, -0.15) is 0 Å². The number of nitrogens with zero attached hydrogens (tertiary/aromatic N) is 2. The largest absolute Gasteiger partial charge is 0.573 e. The van der Waals surface area contributed by atoms with Crippen molar-refractivity contribution in [2.45, 2.75) is 6.36 Å². The number of hydrogen-bond acceptors (Lipinski definition) is 6. The van der Waals surface area contributed by atoms with Gasteiger partial charge in [0.1, 0.15) is 5.56 Å². The average Bonchev–Trinajstić information content (AvgIpc) is 2.18. The van der Waals surface area contributed by atoms with Gasteiger partial charge in [0.15, 0.2) is 18.2 Å². The molecular formula is C7H4F3N3O4. The molecule has 0 amide bonds. The summed E-state index contributed by atoms with van der Waals surface area (Å²) in [6.45, 7) is 0. The molecule has 0 atom stereocenters. The minimum atomic E-state index is -5.04. The van der Waals surface area contributed by atoms with Crippen LogP contribution in [0.3, 0.4) is 0 Å². The Bertz CT molecular complexity index is 474. The molecule has 0 spiro atoms. The van der Waals surface area contributed by atoms with Crippen LogP contribution in [0.15, 0.2) is 6.20 Å². The minimum Gasteiger partial charge on any atom is -0.399 e. The first-order valence-corrected chi connectivity index (χ1v) is 3.90. The van der Waals surface area contributed by atoms with Gasteiger partial charge < -0.3 is 20.6 Å². The lowest BCUT2D eigenvalue weighted by Crippen LogP contribution is -2.19. The summed E-state index contributed by atoms with van der Waals surface area (Å²) in [4.78, 5) is 22.9. The summed E-state index contributed by atoms with van der Waals surface area (Å²) in [6.07, 6.45) is -4.68. The van der Waals surface area contributed by atoms with Crippen LogP contribution in [0.4, 0.5) is 24.7 Å². The van der Waals surface area contributed by atoms with Gasteiger partial charge in [-0.05, 0) is 9.91 Å². The monoisotopic (exact) mass is 251 g/mol. The van der Waals surface area contributed by atoms with Crippen molar-refractivity contribution in [3.63, 3.8) is 0 Å². The van der Waals surface area contributed by atoms with E-state index in [9.17, 15) is 28.1 Å². The number of ether oxygens (including phenoxy) is 1. The molecule has 92 valence electrons. The molecule has 0 saturated carbocycles. The molecule has 10 heteroatoms. The van der Waals surface area contributed by atoms with Crippen LogP contribution in [-0.2, 0) is 0 Å². The standard InChI is InChI=1S/C7H4F3N3O4/c8-7(9,10)17-4-1-12-6(13(15)16)3(2-14)5(4)11/h1-2H,(H2,11,12). The van der Waals surface area contributed by atoms with Crippen molar-refractivity contribution in [1.82, 2.24) is 4.98 Å². The number of alkyl halides is 3. The van der Waals surface area contributed by atoms with E-state index in [2.05, 4.69) is 9.72 Å². The predicted molar refractivity (Wildman–Crippen MR) is 47.4 cm³/mol. The normalized spacial score (nSPS) is 11.0. The van der Waals surface area contributed by atoms with Gasteiger partial charge >= 0.3 is 12.2 Å². The van der Waals surface area contributed by atoms with Crippen LogP contribution in [0.25, 0.3) is 0 Å². The number of nitrogens with two attached hydrogens (primary N) is 1. The Kier molecular flexibility index (Phi) is 3.16. The highest BCUT2D eigenvalue weighted by atomic mass is 19.4. The fourth-order valence-electron chi connectivity index (χ4n) is 0.980. The summed E-state index contributed by atoms with van der Waals surface area (Å²) < 4.78 is 39.1. The highest BCUT2D eigenvalue weighted by Gasteiger charge is 2.34. The van der Waals surface area contributed by atoms with Crippen molar-refractivity contribution in [3.05, 3.63) is 21.9 Å². The average molecular weight is 251 g/mol. The molecule has 0 unspecified atom stereocenters. The number of pyridine rings is 1. The first-order valence-electron chi connectivity index (χ1n) is 3.90. The molecule has 0 aliphatic carbocycles. The van der Waals surface area contributed by atoms with Gasteiger partial charge in [0, 0.05) is 0 Å². The molecule has 17 heavy (non-hydrogen) atoms. The second-order valence-corrected chi connectivity index (χ2v) is 2.70. The van der Waals surface area contributed by atoms with Crippen LogP contribution < -0.4 is 10.5 Å². The zero-order valence-electron chi connectivity index (χ0n) is 7.89. The van der Waals surface area contributed by atoms with Crippen molar-refractivity contribution in [2.24, 2.45) is 0 Å². The zero-order valence-corrected chi connectivity index (χ0v) is 7.89. The molecule has 1 aromatic heterocycles. The molecule has 0 bridgehead atoms. The fourth-order valence-corrected chi connectivity index (χ4v) is 0.980. The quantitative estimate of drug-likeness (QED) is 0.492. The first kappa shape index (κ1) is 12.7. The molecule has 0 fully saturated rings. The molecule has 1 aromatic rings. The Morgan fingerprint density at radius 2 is 2.12 bits per heavy atom. The van der Waals surface area contributed by atoms with Gasteiger partial charge in [-0.15, -0.1) is 13.2 Å². The van der Waals surface area contributed by atoms with E-state index >= 15 is 0 Å². The van der Waals surface area contributed by atoms with Crippen molar-refractivity contribution < 1.29 is 27.6 Å². The third-order valence-electron chi connectivity index (χ3n) is 1.62. The Hall–Kier alpha value is -2.39. The first-order chi connectivity index (χ1) is 7.76. The Labute approximate surface area is 91.1 Å². The molecule has 2 N–H and O–H groups in total. The number of carbonyl (C=O) groups is 1.